The van der Waals surface area contributed by atoms with E-state index >= 15 is 0 Å². The second-order valence-corrected chi connectivity index (χ2v) is 8.73. The molecule has 0 N–H and O–H groups in total. The molecule has 0 unspecified atom stereocenters. The van der Waals surface area contributed by atoms with Crippen molar-refractivity contribution >= 4 is 0 Å². The zero-order valence-electron chi connectivity index (χ0n) is 14.0. The fraction of sp³-hybridized carbons (Fsp3) is 0.900. The summed E-state index contributed by atoms with van der Waals surface area (Å²) in [5.74, 6) is 3.46. The molecule has 0 bridgehead atoms. The minimum absolute atomic E-state index is 0.217. The van der Waals surface area contributed by atoms with Crippen LogP contribution in [0, 0.1) is 29.1 Å². The number of ether oxygens (including phenoxy) is 2. The third-order valence-corrected chi connectivity index (χ3v) is 8.18. The summed E-state index contributed by atoms with van der Waals surface area (Å²) in [4.78, 5) is 0. The van der Waals surface area contributed by atoms with Crippen LogP contribution >= 0.6 is 0 Å². The van der Waals surface area contributed by atoms with Gasteiger partial charge in [-0.1, -0.05) is 18.6 Å². The van der Waals surface area contributed by atoms with Crippen LogP contribution in [0.1, 0.15) is 64.7 Å². The first kappa shape index (κ1) is 14.0. The highest BCUT2D eigenvalue weighted by Gasteiger charge is 2.65. The van der Waals surface area contributed by atoms with Gasteiger partial charge < -0.3 is 9.47 Å². The lowest BCUT2D eigenvalue weighted by Crippen LogP contribution is -2.53. The van der Waals surface area contributed by atoms with E-state index in [9.17, 15) is 0 Å². The fourth-order valence-electron chi connectivity index (χ4n) is 7.19. The molecule has 0 aromatic heterocycles. The number of allylic oxidation sites excluding steroid dienone is 2. The zero-order valence-corrected chi connectivity index (χ0v) is 14.0. The maximum absolute atomic E-state index is 6.23. The monoisotopic (exact) mass is 302 g/mol. The second kappa shape index (κ2) is 4.83. The highest BCUT2D eigenvalue weighted by molar-refractivity contribution is 5.19. The third kappa shape index (κ3) is 1.69. The Kier molecular flexibility index (Phi) is 3.08. The van der Waals surface area contributed by atoms with Crippen molar-refractivity contribution in [1.29, 1.82) is 0 Å². The van der Waals surface area contributed by atoms with Gasteiger partial charge in [0.05, 0.1) is 13.2 Å². The lowest BCUT2D eigenvalue weighted by atomic mass is 9.52. The Hall–Kier alpha value is -0.340. The van der Waals surface area contributed by atoms with Gasteiger partial charge in [-0.25, -0.2) is 0 Å². The highest BCUT2D eigenvalue weighted by Crippen LogP contribution is 2.66. The summed E-state index contributed by atoms with van der Waals surface area (Å²) in [7, 11) is 0. The molecule has 5 rings (SSSR count). The molecule has 2 heteroatoms. The highest BCUT2D eigenvalue weighted by atomic mass is 16.7. The summed E-state index contributed by atoms with van der Waals surface area (Å²) in [6, 6.07) is 0. The van der Waals surface area contributed by atoms with Crippen LogP contribution in [0.25, 0.3) is 0 Å². The van der Waals surface area contributed by atoms with Crippen LogP contribution in [0.3, 0.4) is 0 Å². The minimum atomic E-state index is -0.217. The topological polar surface area (TPSA) is 18.5 Å². The zero-order chi connectivity index (χ0) is 14.8. The van der Waals surface area contributed by atoms with Gasteiger partial charge in [0.25, 0.3) is 0 Å². The van der Waals surface area contributed by atoms with Crippen molar-refractivity contribution in [3.63, 3.8) is 0 Å². The summed E-state index contributed by atoms with van der Waals surface area (Å²) in [5, 5.41) is 0. The van der Waals surface area contributed by atoms with Crippen LogP contribution in [-0.2, 0) is 9.47 Å². The van der Waals surface area contributed by atoms with E-state index in [0.717, 1.165) is 43.3 Å². The van der Waals surface area contributed by atoms with Gasteiger partial charge in [-0.3, -0.25) is 0 Å². The van der Waals surface area contributed by atoms with E-state index in [4.69, 9.17) is 9.47 Å². The van der Waals surface area contributed by atoms with E-state index in [-0.39, 0.29) is 11.2 Å². The molecular formula is C20H30O2. The summed E-state index contributed by atoms with van der Waals surface area (Å²) in [5.41, 5.74) is 2.11. The number of fused-ring (bicyclic) bond motifs is 6. The van der Waals surface area contributed by atoms with Gasteiger partial charge in [-0.05, 0) is 75.0 Å². The molecule has 0 amide bonds. The Morgan fingerprint density at radius 3 is 2.73 bits per heavy atom. The summed E-state index contributed by atoms with van der Waals surface area (Å²) in [6.07, 6.45) is 14.9. The molecule has 2 nitrogen and oxygen atoms in total. The Balaban J connectivity index is 1.46. The van der Waals surface area contributed by atoms with E-state index < -0.39 is 0 Å². The minimum Gasteiger partial charge on any atom is -0.347 e. The van der Waals surface area contributed by atoms with Gasteiger partial charge >= 0.3 is 0 Å². The normalized spacial score (nSPS) is 49.4. The van der Waals surface area contributed by atoms with Crippen molar-refractivity contribution in [3.8, 4) is 0 Å². The van der Waals surface area contributed by atoms with Gasteiger partial charge in [-0.2, -0.15) is 0 Å². The maximum Gasteiger partial charge on any atom is 0.174 e. The smallest absolute Gasteiger partial charge is 0.174 e. The van der Waals surface area contributed by atoms with Gasteiger partial charge in [0.15, 0.2) is 5.79 Å². The molecule has 0 aromatic carbocycles. The first-order valence-electron chi connectivity index (χ1n) is 9.70. The lowest BCUT2D eigenvalue weighted by molar-refractivity contribution is -0.240. The average Bonchev–Trinajstić information content (AvgIpc) is 3.14. The van der Waals surface area contributed by atoms with Crippen LogP contribution in [0.15, 0.2) is 11.6 Å². The molecule has 5 aliphatic rings. The standard InChI is InChI=1S/C20H30O2/c1-19-10-8-16-15-5-3-2-4-14(15)6-7-17(16)18(19)9-11-20(19)21-12-13-22-20/h4,15-18H,2-3,5-13H2,1H3/t15-,16+,17+,18-,19-/m0/s1. The molecule has 0 radical (unpaired) electrons. The summed E-state index contributed by atoms with van der Waals surface area (Å²) >= 11 is 0. The van der Waals surface area contributed by atoms with Crippen molar-refractivity contribution < 1.29 is 9.47 Å². The predicted octanol–water partition coefficient (Wildman–Crippen LogP) is 4.69. The molecule has 1 heterocycles. The predicted molar refractivity (Wildman–Crippen MR) is 86.3 cm³/mol. The van der Waals surface area contributed by atoms with Crippen molar-refractivity contribution in [2.45, 2.75) is 70.5 Å². The van der Waals surface area contributed by atoms with Crippen LogP contribution in [0.5, 0.6) is 0 Å². The number of hydrogen-bond donors (Lipinski definition) is 0. The molecule has 1 aliphatic heterocycles. The van der Waals surface area contributed by atoms with E-state index in [1.165, 1.54) is 51.4 Å². The Morgan fingerprint density at radius 1 is 1.00 bits per heavy atom. The van der Waals surface area contributed by atoms with E-state index in [1.807, 2.05) is 5.57 Å². The van der Waals surface area contributed by atoms with E-state index in [2.05, 4.69) is 13.0 Å². The van der Waals surface area contributed by atoms with Gasteiger partial charge in [0, 0.05) is 11.8 Å². The Bertz CT molecular complexity index is 490. The van der Waals surface area contributed by atoms with Gasteiger partial charge in [-0.15, -0.1) is 0 Å². The van der Waals surface area contributed by atoms with Crippen molar-refractivity contribution in [2.24, 2.45) is 29.1 Å². The molecule has 1 spiro atoms. The van der Waals surface area contributed by atoms with E-state index in [0.29, 0.717) is 0 Å². The Morgan fingerprint density at radius 2 is 1.86 bits per heavy atom. The Labute approximate surface area is 134 Å². The molecule has 4 aliphatic carbocycles. The SMILES string of the molecule is C[C@]12CC[C@H]3[C@@H](CCC4=CCCC[C@@H]43)[C@@H]1CCC21OCCO1. The fourth-order valence-corrected chi connectivity index (χ4v) is 7.19. The van der Waals surface area contributed by atoms with Crippen LogP contribution in [-0.4, -0.2) is 19.0 Å². The maximum atomic E-state index is 6.23. The van der Waals surface area contributed by atoms with Crippen LogP contribution in [0.2, 0.25) is 0 Å². The second-order valence-electron chi connectivity index (χ2n) is 8.73. The third-order valence-electron chi connectivity index (χ3n) is 8.18. The quantitative estimate of drug-likeness (QED) is 0.604. The molecule has 0 aromatic rings. The van der Waals surface area contributed by atoms with Crippen molar-refractivity contribution in [2.75, 3.05) is 13.2 Å². The average molecular weight is 302 g/mol. The van der Waals surface area contributed by atoms with Gasteiger partial charge in [0.1, 0.15) is 0 Å². The van der Waals surface area contributed by atoms with Crippen LogP contribution in [0.4, 0.5) is 0 Å². The van der Waals surface area contributed by atoms with Gasteiger partial charge in [0.2, 0.25) is 0 Å². The first-order chi connectivity index (χ1) is 10.7. The van der Waals surface area contributed by atoms with Crippen LogP contribution < -0.4 is 0 Å². The van der Waals surface area contributed by atoms with Crippen molar-refractivity contribution in [1.82, 2.24) is 0 Å². The number of hydrogen-bond acceptors (Lipinski definition) is 2. The molecule has 1 saturated heterocycles. The van der Waals surface area contributed by atoms with Crippen molar-refractivity contribution in [3.05, 3.63) is 11.6 Å². The van der Waals surface area contributed by atoms with E-state index in [1.54, 1.807) is 0 Å². The first-order valence-corrected chi connectivity index (χ1v) is 9.70. The molecule has 122 valence electrons. The molecule has 5 atom stereocenters. The molecular weight excluding hydrogens is 272 g/mol. The number of rotatable bonds is 0. The molecule has 3 saturated carbocycles. The molecule has 22 heavy (non-hydrogen) atoms. The summed E-state index contributed by atoms with van der Waals surface area (Å²) in [6.45, 7) is 4.12. The molecule has 4 fully saturated rings. The largest absolute Gasteiger partial charge is 0.347 e. The summed E-state index contributed by atoms with van der Waals surface area (Å²) < 4.78 is 12.5. The lowest BCUT2D eigenvalue weighted by Gasteiger charge is -2.55.